The number of nitrogens with one attached hydrogen (secondary N) is 1. The molecule has 1 aromatic carbocycles. The maximum atomic E-state index is 10.6. The van der Waals surface area contributed by atoms with Gasteiger partial charge in [-0.15, -0.1) is 0 Å². The molecule has 2 aliphatic heterocycles. The molecule has 5 rings (SSSR count). The molecule has 2 N–H and O–H groups in total. The molecule has 0 radical (unpaired) electrons. The molecule has 1 saturated heterocycles. The molecule has 0 amide bonds. The topological polar surface area (TPSA) is 66.9 Å². The van der Waals surface area contributed by atoms with Crippen LogP contribution < -0.4 is 5.32 Å². The van der Waals surface area contributed by atoms with E-state index in [1.165, 1.54) is 23.2 Å². The Bertz CT molecular complexity index is 1030. The van der Waals surface area contributed by atoms with E-state index < -0.39 is 0 Å². The van der Waals surface area contributed by atoms with Gasteiger partial charge in [0, 0.05) is 45.0 Å². The summed E-state index contributed by atoms with van der Waals surface area (Å²) >= 11 is 0. The molecule has 1 unspecified atom stereocenters. The van der Waals surface area contributed by atoms with Crippen molar-refractivity contribution in [3.8, 4) is 0 Å². The van der Waals surface area contributed by atoms with Crippen molar-refractivity contribution in [3.63, 3.8) is 0 Å². The number of aliphatic hydroxyl groups excluding tert-OH is 1. The van der Waals surface area contributed by atoms with Crippen molar-refractivity contribution in [2.75, 3.05) is 38.7 Å². The fraction of sp³-hybridized carbons (Fsp3) is 0.552. The Kier molecular flexibility index (Phi) is 7.71. The van der Waals surface area contributed by atoms with Crippen LogP contribution in [0.5, 0.6) is 0 Å². The van der Waals surface area contributed by atoms with Gasteiger partial charge in [0.25, 0.3) is 0 Å². The van der Waals surface area contributed by atoms with Crippen molar-refractivity contribution >= 4 is 5.82 Å². The molecule has 1 aliphatic carbocycles. The number of hydrogen-bond acceptors (Lipinski definition) is 6. The number of pyridine rings is 1. The van der Waals surface area contributed by atoms with Gasteiger partial charge in [-0.05, 0) is 67.7 Å². The average molecular weight is 478 g/mol. The molecule has 4 atom stereocenters. The van der Waals surface area contributed by atoms with E-state index in [9.17, 15) is 5.11 Å². The smallest absolute Gasteiger partial charge is 0.129 e. The molecule has 6 nitrogen and oxygen atoms in total. The first-order valence-electron chi connectivity index (χ1n) is 13.2. The third kappa shape index (κ3) is 5.71. The molecular formula is C29H39N3O3. The largest absolute Gasteiger partial charge is 0.511 e. The minimum absolute atomic E-state index is 0.193. The Morgan fingerprint density at radius 1 is 1.26 bits per heavy atom. The number of anilines is 1. The lowest BCUT2D eigenvalue weighted by molar-refractivity contribution is 0.0524. The zero-order valence-corrected chi connectivity index (χ0v) is 20.9. The summed E-state index contributed by atoms with van der Waals surface area (Å²) in [6.07, 6.45) is 7.92. The first-order chi connectivity index (χ1) is 17.1. The third-order valence-electron chi connectivity index (χ3n) is 7.71. The average Bonchev–Trinajstić information content (AvgIpc) is 3.53. The summed E-state index contributed by atoms with van der Waals surface area (Å²) in [5, 5.41) is 14.0. The van der Waals surface area contributed by atoms with Crippen molar-refractivity contribution in [2.45, 2.75) is 69.1 Å². The van der Waals surface area contributed by atoms with Crippen LogP contribution in [0.4, 0.5) is 5.82 Å². The minimum Gasteiger partial charge on any atom is -0.511 e. The van der Waals surface area contributed by atoms with Crippen molar-refractivity contribution in [1.82, 2.24) is 9.88 Å². The maximum Gasteiger partial charge on any atom is 0.129 e. The van der Waals surface area contributed by atoms with Crippen LogP contribution in [0.25, 0.3) is 0 Å². The fourth-order valence-corrected chi connectivity index (χ4v) is 5.73. The van der Waals surface area contributed by atoms with Gasteiger partial charge in [0.2, 0.25) is 0 Å². The first-order valence-corrected chi connectivity index (χ1v) is 13.2. The Morgan fingerprint density at radius 3 is 2.97 bits per heavy atom. The monoisotopic (exact) mass is 477 g/mol. The standard InChI is InChI=1S/C29H39N3O3/c1-20(33)28(25-11-4-3-10-24(25)26-18-27(26)34-2)32-16-14-23(19-32)35-17-6-5-9-22-13-12-21-8-7-15-30-29(21)31-22/h3-4,10-13,23,26-28,33H,1,5-9,14-19H2,2H3,(H,30,31)/t23-,26?,27+,28+/m1/s1. The van der Waals surface area contributed by atoms with Gasteiger partial charge >= 0.3 is 0 Å². The van der Waals surface area contributed by atoms with Gasteiger partial charge in [0.15, 0.2) is 0 Å². The van der Waals surface area contributed by atoms with E-state index in [4.69, 9.17) is 14.5 Å². The Labute approximate surface area is 209 Å². The highest BCUT2D eigenvalue weighted by Gasteiger charge is 2.42. The van der Waals surface area contributed by atoms with Crippen LogP contribution in [0.1, 0.15) is 66.4 Å². The molecular weight excluding hydrogens is 438 g/mol. The van der Waals surface area contributed by atoms with Gasteiger partial charge in [-0.2, -0.15) is 0 Å². The molecule has 2 fully saturated rings. The highest BCUT2D eigenvalue weighted by Crippen LogP contribution is 2.47. The van der Waals surface area contributed by atoms with Crippen LogP contribution in [0.3, 0.4) is 0 Å². The predicted octanol–water partition coefficient (Wildman–Crippen LogP) is 5.17. The van der Waals surface area contributed by atoms with E-state index in [-0.39, 0.29) is 24.0 Å². The van der Waals surface area contributed by atoms with Gasteiger partial charge in [0.05, 0.1) is 18.2 Å². The molecule has 0 bridgehead atoms. The number of benzene rings is 1. The molecule has 0 spiro atoms. The lowest BCUT2D eigenvalue weighted by atomic mass is 9.95. The van der Waals surface area contributed by atoms with Crippen LogP contribution in [0.15, 0.2) is 48.7 Å². The Balaban J connectivity index is 1.10. The number of rotatable bonds is 11. The summed E-state index contributed by atoms with van der Waals surface area (Å²) in [7, 11) is 1.78. The van der Waals surface area contributed by atoms with Gasteiger partial charge in [-0.25, -0.2) is 4.98 Å². The first kappa shape index (κ1) is 24.3. The van der Waals surface area contributed by atoms with Crippen molar-refractivity contribution in [2.24, 2.45) is 0 Å². The second-order valence-corrected chi connectivity index (χ2v) is 10.2. The summed E-state index contributed by atoms with van der Waals surface area (Å²) in [6, 6.07) is 12.6. The van der Waals surface area contributed by atoms with Crippen LogP contribution in [0.2, 0.25) is 0 Å². The molecule has 2 aromatic rings. The number of fused-ring (bicyclic) bond motifs is 1. The van der Waals surface area contributed by atoms with Gasteiger partial charge < -0.3 is 19.9 Å². The van der Waals surface area contributed by atoms with E-state index >= 15 is 0 Å². The Morgan fingerprint density at radius 2 is 2.14 bits per heavy atom. The van der Waals surface area contributed by atoms with Gasteiger partial charge in [-0.1, -0.05) is 36.9 Å². The number of ether oxygens (including phenoxy) is 2. The zero-order chi connectivity index (χ0) is 24.2. The predicted molar refractivity (Wildman–Crippen MR) is 139 cm³/mol. The van der Waals surface area contributed by atoms with Crippen molar-refractivity contribution in [1.29, 1.82) is 0 Å². The fourth-order valence-electron chi connectivity index (χ4n) is 5.73. The summed E-state index contributed by atoms with van der Waals surface area (Å²) in [5.41, 5.74) is 4.93. The normalized spacial score (nSPS) is 24.5. The summed E-state index contributed by atoms with van der Waals surface area (Å²) in [4.78, 5) is 7.12. The molecule has 35 heavy (non-hydrogen) atoms. The highest BCUT2D eigenvalue weighted by molar-refractivity contribution is 5.47. The second-order valence-electron chi connectivity index (χ2n) is 10.2. The lowest BCUT2D eigenvalue weighted by Gasteiger charge is -2.29. The van der Waals surface area contributed by atoms with Crippen LogP contribution >= 0.6 is 0 Å². The zero-order valence-electron chi connectivity index (χ0n) is 20.9. The second kappa shape index (κ2) is 11.1. The van der Waals surface area contributed by atoms with E-state index in [0.717, 1.165) is 76.1 Å². The molecule has 6 heteroatoms. The molecule has 3 aliphatic rings. The SMILES string of the molecule is C=C(O)[C@@H](c1ccccc1C1C[C@@H]1OC)N1CC[C@@H](OCCCCc2ccc3c(n2)NCCC3)C1. The van der Waals surface area contributed by atoms with Crippen molar-refractivity contribution < 1.29 is 14.6 Å². The van der Waals surface area contributed by atoms with Gasteiger partial charge in [0.1, 0.15) is 11.6 Å². The van der Waals surface area contributed by atoms with Gasteiger partial charge in [-0.3, -0.25) is 4.90 Å². The van der Waals surface area contributed by atoms with Crippen LogP contribution in [-0.2, 0) is 22.3 Å². The number of hydrogen-bond donors (Lipinski definition) is 2. The quantitative estimate of drug-likeness (QED) is 0.344. The minimum atomic E-state index is -0.193. The van der Waals surface area contributed by atoms with Crippen molar-refractivity contribution in [3.05, 3.63) is 71.1 Å². The molecule has 1 saturated carbocycles. The number of aromatic nitrogens is 1. The van der Waals surface area contributed by atoms with E-state index in [2.05, 4.69) is 53.2 Å². The number of aryl methyl sites for hydroxylation is 2. The summed E-state index contributed by atoms with van der Waals surface area (Å²) in [5.74, 6) is 1.70. The number of nitrogens with zero attached hydrogens (tertiary/aromatic N) is 2. The summed E-state index contributed by atoms with van der Waals surface area (Å²) < 4.78 is 11.8. The summed E-state index contributed by atoms with van der Waals surface area (Å²) in [6.45, 7) is 7.44. The number of aliphatic hydroxyl groups is 1. The van der Waals surface area contributed by atoms with E-state index in [0.29, 0.717) is 5.92 Å². The number of methoxy groups -OCH3 is 1. The van der Waals surface area contributed by atoms with E-state index in [1.54, 1.807) is 7.11 Å². The van der Waals surface area contributed by atoms with E-state index in [1.807, 2.05) is 0 Å². The highest BCUT2D eigenvalue weighted by atomic mass is 16.5. The molecule has 188 valence electrons. The number of unbranched alkanes of at least 4 members (excludes halogenated alkanes) is 1. The lowest BCUT2D eigenvalue weighted by Crippen LogP contribution is -2.30. The molecule has 3 heterocycles. The third-order valence-corrected chi connectivity index (χ3v) is 7.71. The number of likely N-dealkylation sites (tertiary alicyclic amines) is 1. The van der Waals surface area contributed by atoms with Crippen LogP contribution in [-0.4, -0.2) is 60.5 Å². The van der Waals surface area contributed by atoms with Crippen LogP contribution in [0, 0.1) is 0 Å². The maximum absolute atomic E-state index is 10.6. The Hall–Kier alpha value is -2.41. The molecule has 1 aromatic heterocycles.